The number of para-hydroxylation sites is 1. The van der Waals surface area contributed by atoms with Gasteiger partial charge in [0.05, 0.1) is 0 Å². The van der Waals surface area contributed by atoms with Gasteiger partial charge in [-0.05, 0) is 19.4 Å². The van der Waals surface area contributed by atoms with Crippen molar-refractivity contribution in [2.45, 2.75) is 32.8 Å². The number of ether oxygens (including phenoxy) is 1. The molecule has 0 spiro atoms. The van der Waals surface area contributed by atoms with Crippen molar-refractivity contribution in [2.75, 3.05) is 0 Å². The molecule has 4 nitrogen and oxygen atoms in total. The van der Waals surface area contributed by atoms with E-state index in [4.69, 9.17) is 4.74 Å². The van der Waals surface area contributed by atoms with Crippen molar-refractivity contribution >= 4 is 22.7 Å². The summed E-state index contributed by atoms with van der Waals surface area (Å²) >= 11 is 0. The van der Waals surface area contributed by atoms with Crippen molar-refractivity contribution in [1.29, 1.82) is 0 Å². The molecule has 0 unspecified atom stereocenters. The first-order chi connectivity index (χ1) is 9.13. The molecule has 1 N–H and O–H groups in total. The molecule has 4 heteroatoms. The number of carbonyl (C=O) groups excluding carboxylic acids is 2. The molecule has 1 atom stereocenters. The zero-order chi connectivity index (χ0) is 13.8. The minimum absolute atomic E-state index is 0.179. The summed E-state index contributed by atoms with van der Waals surface area (Å²) in [5.74, 6) is -0.509. The van der Waals surface area contributed by atoms with Gasteiger partial charge in [-0.3, -0.25) is 9.59 Å². The quantitative estimate of drug-likeness (QED) is 0.663. The number of carbonyl (C=O) groups is 2. The Morgan fingerprint density at radius 1 is 1.32 bits per heavy atom. The Balaban J connectivity index is 2.17. The van der Waals surface area contributed by atoms with Crippen molar-refractivity contribution in [2.24, 2.45) is 0 Å². The van der Waals surface area contributed by atoms with Gasteiger partial charge in [0.2, 0.25) is 5.78 Å². The van der Waals surface area contributed by atoms with E-state index in [2.05, 4.69) is 4.98 Å². The second-order valence-electron chi connectivity index (χ2n) is 4.49. The highest BCUT2D eigenvalue weighted by molar-refractivity contribution is 6.10. The molecule has 1 aromatic carbocycles. The van der Waals surface area contributed by atoms with Crippen molar-refractivity contribution in [3.63, 3.8) is 0 Å². The average molecular weight is 259 g/mol. The summed E-state index contributed by atoms with van der Waals surface area (Å²) in [4.78, 5) is 26.7. The van der Waals surface area contributed by atoms with Crippen LogP contribution in [-0.4, -0.2) is 22.8 Å². The summed E-state index contributed by atoms with van der Waals surface area (Å²) in [6, 6.07) is 7.55. The molecular formula is C15H17NO3. The molecule has 19 heavy (non-hydrogen) atoms. The van der Waals surface area contributed by atoms with Gasteiger partial charge in [0.1, 0.15) is 0 Å². The maximum absolute atomic E-state index is 12.3. The lowest BCUT2D eigenvalue weighted by molar-refractivity contribution is -0.146. The lowest BCUT2D eigenvalue weighted by atomic mass is 10.1. The van der Waals surface area contributed by atoms with Crippen LogP contribution >= 0.6 is 0 Å². The lowest BCUT2D eigenvalue weighted by Crippen LogP contribution is -2.24. The smallest absolute Gasteiger partial charge is 0.306 e. The van der Waals surface area contributed by atoms with E-state index in [0.29, 0.717) is 18.4 Å². The predicted molar refractivity (Wildman–Crippen MR) is 73.1 cm³/mol. The Hall–Kier alpha value is -2.10. The van der Waals surface area contributed by atoms with Crippen molar-refractivity contribution < 1.29 is 14.3 Å². The molecule has 0 aliphatic heterocycles. The zero-order valence-electron chi connectivity index (χ0n) is 11.1. The van der Waals surface area contributed by atoms with Gasteiger partial charge in [-0.2, -0.15) is 0 Å². The van der Waals surface area contributed by atoms with Crippen LogP contribution in [0, 0.1) is 0 Å². The van der Waals surface area contributed by atoms with Gasteiger partial charge in [0, 0.05) is 29.1 Å². The minimum Gasteiger partial charge on any atom is -0.454 e. The van der Waals surface area contributed by atoms with Gasteiger partial charge in [-0.15, -0.1) is 0 Å². The van der Waals surface area contributed by atoms with Crippen LogP contribution in [0.2, 0.25) is 0 Å². The fraction of sp³-hybridized carbons (Fsp3) is 0.333. The van der Waals surface area contributed by atoms with Crippen LogP contribution in [0.4, 0.5) is 0 Å². The normalized spacial score (nSPS) is 12.3. The van der Waals surface area contributed by atoms with Gasteiger partial charge in [-0.1, -0.05) is 25.1 Å². The Bertz CT molecular complexity index is 600. The summed E-state index contributed by atoms with van der Waals surface area (Å²) in [5, 5.41) is 0.853. The maximum atomic E-state index is 12.3. The number of esters is 1. The number of rotatable bonds is 5. The number of benzene rings is 1. The fourth-order valence-corrected chi connectivity index (χ4v) is 2.01. The van der Waals surface area contributed by atoms with E-state index in [1.807, 2.05) is 31.2 Å². The number of hydrogen-bond donors (Lipinski definition) is 1. The van der Waals surface area contributed by atoms with E-state index in [1.165, 1.54) is 0 Å². The highest BCUT2D eigenvalue weighted by atomic mass is 16.5. The number of Topliss-reactive ketones (excluding diaryl/α,β-unsaturated/α-hetero) is 1. The van der Waals surface area contributed by atoms with Crippen LogP contribution < -0.4 is 0 Å². The van der Waals surface area contributed by atoms with Crippen LogP contribution in [0.15, 0.2) is 30.5 Å². The maximum Gasteiger partial charge on any atom is 0.306 e. The molecule has 0 saturated carbocycles. The zero-order valence-corrected chi connectivity index (χ0v) is 11.1. The number of nitrogens with one attached hydrogen (secondary N) is 1. The highest BCUT2D eigenvalue weighted by Gasteiger charge is 2.21. The van der Waals surface area contributed by atoms with Crippen LogP contribution in [0.3, 0.4) is 0 Å². The van der Waals surface area contributed by atoms with Crippen molar-refractivity contribution in [3.8, 4) is 0 Å². The number of hydrogen-bond acceptors (Lipinski definition) is 3. The first-order valence-corrected chi connectivity index (χ1v) is 6.43. The predicted octanol–water partition coefficient (Wildman–Crippen LogP) is 3.08. The molecule has 2 aromatic rings. The molecule has 0 saturated heterocycles. The van der Waals surface area contributed by atoms with Gasteiger partial charge >= 0.3 is 5.97 Å². The Morgan fingerprint density at radius 3 is 2.79 bits per heavy atom. The van der Waals surface area contributed by atoms with E-state index < -0.39 is 6.10 Å². The lowest BCUT2D eigenvalue weighted by Gasteiger charge is -2.11. The fourth-order valence-electron chi connectivity index (χ4n) is 2.01. The van der Waals surface area contributed by atoms with Crippen LogP contribution in [-0.2, 0) is 9.53 Å². The monoisotopic (exact) mass is 259 g/mol. The van der Waals surface area contributed by atoms with Gasteiger partial charge in [-0.25, -0.2) is 0 Å². The Morgan fingerprint density at radius 2 is 2.05 bits per heavy atom. The number of H-pyrrole nitrogens is 1. The number of ketones is 1. The third kappa shape index (κ3) is 2.84. The molecule has 0 radical (unpaired) electrons. The van der Waals surface area contributed by atoms with Crippen LogP contribution in [0.5, 0.6) is 0 Å². The molecule has 0 bridgehead atoms. The molecule has 1 aromatic heterocycles. The van der Waals surface area contributed by atoms with Gasteiger partial charge in [0.25, 0.3) is 0 Å². The van der Waals surface area contributed by atoms with Gasteiger partial charge < -0.3 is 9.72 Å². The first-order valence-electron chi connectivity index (χ1n) is 6.43. The minimum atomic E-state index is -0.752. The number of fused-ring (bicyclic) bond motifs is 1. The summed E-state index contributed by atoms with van der Waals surface area (Å²) in [6.07, 6.45) is 1.97. The van der Waals surface area contributed by atoms with E-state index in [1.54, 1.807) is 13.1 Å². The summed E-state index contributed by atoms with van der Waals surface area (Å²) in [6.45, 7) is 3.51. The third-order valence-electron chi connectivity index (χ3n) is 2.99. The molecule has 0 fully saturated rings. The van der Waals surface area contributed by atoms with E-state index in [-0.39, 0.29) is 11.8 Å². The topological polar surface area (TPSA) is 59.2 Å². The molecule has 0 aliphatic rings. The highest BCUT2D eigenvalue weighted by Crippen LogP contribution is 2.20. The van der Waals surface area contributed by atoms with Crippen LogP contribution in [0.25, 0.3) is 10.9 Å². The molecule has 0 aliphatic carbocycles. The van der Waals surface area contributed by atoms with E-state index in [0.717, 1.165) is 10.9 Å². The summed E-state index contributed by atoms with van der Waals surface area (Å²) < 4.78 is 5.12. The number of aromatic nitrogens is 1. The Labute approximate surface area is 111 Å². The van der Waals surface area contributed by atoms with E-state index in [9.17, 15) is 9.59 Å². The van der Waals surface area contributed by atoms with Crippen LogP contribution in [0.1, 0.15) is 37.0 Å². The SMILES string of the molecule is CCCC(=O)O[C@@H](C)C(=O)c1c[nH]c2ccccc12. The third-order valence-corrected chi connectivity index (χ3v) is 2.99. The second-order valence-corrected chi connectivity index (χ2v) is 4.49. The van der Waals surface area contributed by atoms with Gasteiger partial charge in [0.15, 0.2) is 6.10 Å². The molecule has 100 valence electrons. The average Bonchev–Trinajstić information content (AvgIpc) is 2.81. The van der Waals surface area contributed by atoms with Crippen molar-refractivity contribution in [1.82, 2.24) is 4.98 Å². The first kappa shape index (κ1) is 13.3. The Kier molecular flexibility index (Phi) is 4.00. The standard InChI is InChI=1S/C15H17NO3/c1-3-6-14(17)19-10(2)15(18)12-9-16-13-8-5-4-7-11(12)13/h4-5,7-10,16H,3,6H2,1-2H3/t10-/m0/s1. The largest absolute Gasteiger partial charge is 0.454 e. The summed E-state index contributed by atoms with van der Waals surface area (Å²) in [7, 11) is 0. The molecule has 1 heterocycles. The number of aromatic amines is 1. The summed E-state index contributed by atoms with van der Waals surface area (Å²) in [5.41, 5.74) is 1.46. The van der Waals surface area contributed by atoms with E-state index >= 15 is 0 Å². The molecule has 2 rings (SSSR count). The molecular weight excluding hydrogens is 242 g/mol. The molecule has 0 amide bonds. The van der Waals surface area contributed by atoms with Crippen molar-refractivity contribution in [3.05, 3.63) is 36.0 Å². The second kappa shape index (κ2) is 5.69.